The van der Waals surface area contributed by atoms with E-state index in [1.54, 1.807) is 12.2 Å². The molecule has 0 bridgehead atoms. The Kier molecular flexibility index (Phi) is 49.5. The molecule has 0 aliphatic carbocycles. The zero-order chi connectivity index (χ0) is 57.5. The molecule has 0 aromatic rings. The number of esters is 3. The number of carbonyl (C=O) groups is 4. The Labute approximate surface area is 478 Å². The van der Waals surface area contributed by atoms with Gasteiger partial charge >= 0.3 is 23.9 Å². The SMILES string of the molecule is CC/C=C\C/C=C\C/C=C\C/C=C\C/C=C\CC(=O)OC1C(OCC(COC(=O)CCCCCCCCC/C=C\C/C=C\CCCCC)OC(=O)CCCCCCCCC/C=C\C/C=C\CCCCC)OC(C(=O)O)C(O)C1O. The van der Waals surface area contributed by atoms with Crippen molar-refractivity contribution in [1.82, 2.24) is 0 Å². The topological polar surface area (TPSA) is 175 Å². The van der Waals surface area contributed by atoms with Crippen molar-refractivity contribution in [2.75, 3.05) is 13.2 Å². The molecule has 0 radical (unpaired) electrons. The van der Waals surface area contributed by atoms with Gasteiger partial charge in [0, 0.05) is 12.8 Å². The van der Waals surface area contributed by atoms with Crippen molar-refractivity contribution < 1.29 is 58.2 Å². The number of aliphatic hydroxyl groups is 2. The normalized spacial score (nSPS) is 18.6. The van der Waals surface area contributed by atoms with E-state index < -0.39 is 67.3 Å². The summed E-state index contributed by atoms with van der Waals surface area (Å²) in [4.78, 5) is 51.2. The molecule has 448 valence electrons. The van der Waals surface area contributed by atoms with Gasteiger partial charge in [-0.05, 0) is 109 Å². The van der Waals surface area contributed by atoms with E-state index in [9.17, 15) is 34.5 Å². The highest BCUT2D eigenvalue weighted by atomic mass is 16.7. The number of unbranched alkanes of at least 4 members (excludes halogenated alkanes) is 20. The summed E-state index contributed by atoms with van der Waals surface area (Å²) in [5.74, 6) is -3.31. The molecule has 1 heterocycles. The fourth-order valence-corrected chi connectivity index (χ4v) is 8.62. The third-order valence-corrected chi connectivity index (χ3v) is 13.3. The highest BCUT2D eigenvalue weighted by Crippen LogP contribution is 2.26. The number of ether oxygens (including phenoxy) is 5. The van der Waals surface area contributed by atoms with E-state index in [1.807, 2.05) is 12.2 Å². The molecule has 6 atom stereocenters. The first-order chi connectivity index (χ1) is 38.6. The molecule has 1 fully saturated rings. The highest BCUT2D eigenvalue weighted by molar-refractivity contribution is 5.74. The van der Waals surface area contributed by atoms with Crippen molar-refractivity contribution >= 4 is 23.9 Å². The van der Waals surface area contributed by atoms with Crippen molar-refractivity contribution in [2.45, 2.75) is 276 Å². The third kappa shape index (κ3) is 43.8. The maximum Gasteiger partial charge on any atom is 0.335 e. The van der Waals surface area contributed by atoms with Gasteiger partial charge in [0.15, 0.2) is 24.6 Å². The van der Waals surface area contributed by atoms with Gasteiger partial charge in [-0.15, -0.1) is 0 Å². The monoisotopic (exact) mass is 1100 g/mol. The summed E-state index contributed by atoms with van der Waals surface area (Å²) >= 11 is 0. The minimum atomic E-state index is -1.94. The molecule has 1 rings (SSSR count). The van der Waals surface area contributed by atoms with Crippen LogP contribution in [0.1, 0.15) is 239 Å². The molecule has 6 unspecified atom stereocenters. The van der Waals surface area contributed by atoms with Crippen molar-refractivity contribution in [3.05, 3.63) is 109 Å². The van der Waals surface area contributed by atoms with Crippen LogP contribution in [0, 0.1) is 0 Å². The zero-order valence-corrected chi connectivity index (χ0v) is 49.3. The average molecular weight is 1110 g/mol. The van der Waals surface area contributed by atoms with Crippen LogP contribution in [0.2, 0.25) is 0 Å². The van der Waals surface area contributed by atoms with Gasteiger partial charge in [0.05, 0.1) is 13.0 Å². The summed E-state index contributed by atoms with van der Waals surface area (Å²) in [6.07, 6.45) is 60.7. The van der Waals surface area contributed by atoms with Gasteiger partial charge in [0.2, 0.25) is 0 Å². The van der Waals surface area contributed by atoms with Crippen LogP contribution in [-0.4, -0.2) is 89.2 Å². The number of carboxylic acids is 1. The summed E-state index contributed by atoms with van der Waals surface area (Å²) in [7, 11) is 0. The molecule has 1 aliphatic heterocycles. The maximum absolute atomic E-state index is 13.2. The van der Waals surface area contributed by atoms with E-state index in [2.05, 4.69) is 106 Å². The molecule has 12 heteroatoms. The van der Waals surface area contributed by atoms with E-state index in [0.29, 0.717) is 19.3 Å². The van der Waals surface area contributed by atoms with Crippen LogP contribution >= 0.6 is 0 Å². The van der Waals surface area contributed by atoms with E-state index in [0.717, 1.165) is 122 Å². The highest BCUT2D eigenvalue weighted by Gasteiger charge is 2.50. The first-order valence-electron chi connectivity index (χ1n) is 30.9. The number of rotatable bonds is 51. The van der Waals surface area contributed by atoms with Gasteiger partial charge in [0.1, 0.15) is 18.8 Å². The van der Waals surface area contributed by atoms with Crippen LogP contribution < -0.4 is 0 Å². The lowest BCUT2D eigenvalue weighted by atomic mass is 9.98. The van der Waals surface area contributed by atoms with E-state index in [4.69, 9.17) is 23.7 Å². The summed E-state index contributed by atoms with van der Waals surface area (Å²) in [6.45, 7) is 5.78. The van der Waals surface area contributed by atoms with Gasteiger partial charge in [-0.1, -0.05) is 220 Å². The Bertz CT molecular complexity index is 1790. The van der Waals surface area contributed by atoms with Crippen molar-refractivity contribution in [3.63, 3.8) is 0 Å². The van der Waals surface area contributed by atoms with Gasteiger partial charge < -0.3 is 39.0 Å². The summed E-state index contributed by atoms with van der Waals surface area (Å²) in [6, 6.07) is 0. The second kappa shape index (κ2) is 54.0. The van der Waals surface area contributed by atoms with Crippen LogP contribution in [0.25, 0.3) is 0 Å². The smallest absolute Gasteiger partial charge is 0.335 e. The quantitative estimate of drug-likeness (QED) is 0.0228. The maximum atomic E-state index is 13.2. The lowest BCUT2D eigenvalue weighted by Gasteiger charge is -2.40. The predicted molar refractivity (Wildman–Crippen MR) is 321 cm³/mol. The largest absolute Gasteiger partial charge is 0.479 e. The Balaban J connectivity index is 2.74. The minimum Gasteiger partial charge on any atom is -0.479 e. The third-order valence-electron chi connectivity index (χ3n) is 13.3. The van der Waals surface area contributed by atoms with Crippen molar-refractivity contribution in [2.24, 2.45) is 0 Å². The second-order valence-electron chi connectivity index (χ2n) is 20.6. The van der Waals surface area contributed by atoms with Crippen LogP contribution in [0.3, 0.4) is 0 Å². The van der Waals surface area contributed by atoms with Gasteiger partial charge in [-0.25, -0.2) is 4.79 Å². The molecule has 0 saturated carbocycles. The van der Waals surface area contributed by atoms with Crippen molar-refractivity contribution in [3.8, 4) is 0 Å². The predicted octanol–water partition coefficient (Wildman–Crippen LogP) is 16.2. The standard InChI is InChI=1S/C67H108O12/c1-4-7-10-13-16-19-22-25-28-30-33-35-38-41-44-47-50-53-59(68)75-56-58(77-60(69)54-51-48-45-42-39-37-34-31-29-26-23-20-17-14-11-8-5-2)57-76-67-65(63(72)62(71)64(79-67)66(73)74)78-61(70)55-52-49-46-43-40-36-32-27-24-21-18-15-12-9-6-3/h9,12,16-21,25-29,32,40,43,49,52,58,62-65,67,71-72H,4-8,10-11,13-15,22-24,30-31,33-39,41-42,44-48,50-51,53-57H2,1-3H3,(H,73,74)/b12-9-,19-16-,20-17-,21-18-,28-25-,29-26-,32-27-,43-40-,52-49-. The van der Waals surface area contributed by atoms with Gasteiger partial charge in [-0.3, -0.25) is 14.4 Å². The molecular weight excluding hydrogens is 997 g/mol. The molecule has 0 aromatic carbocycles. The number of carbonyl (C=O) groups excluding carboxylic acids is 3. The van der Waals surface area contributed by atoms with Gasteiger partial charge in [-0.2, -0.15) is 0 Å². The Morgan fingerprint density at radius 2 is 0.835 bits per heavy atom. The molecule has 12 nitrogen and oxygen atoms in total. The summed E-state index contributed by atoms with van der Waals surface area (Å²) in [5, 5.41) is 31.5. The second-order valence-corrected chi connectivity index (χ2v) is 20.6. The number of aliphatic hydroxyl groups excluding tert-OH is 2. The molecule has 0 spiro atoms. The molecule has 1 aliphatic rings. The van der Waals surface area contributed by atoms with Crippen molar-refractivity contribution in [1.29, 1.82) is 0 Å². The van der Waals surface area contributed by atoms with E-state index >= 15 is 0 Å². The Morgan fingerprint density at radius 1 is 0.443 bits per heavy atom. The molecule has 79 heavy (non-hydrogen) atoms. The zero-order valence-electron chi connectivity index (χ0n) is 49.3. The minimum absolute atomic E-state index is 0.137. The number of hydrogen-bond donors (Lipinski definition) is 3. The molecule has 0 amide bonds. The first-order valence-corrected chi connectivity index (χ1v) is 30.9. The fraction of sp³-hybridized carbons (Fsp3) is 0.672. The Hall–Kier alpha value is -4.62. The van der Waals surface area contributed by atoms with E-state index in [-0.39, 0.29) is 25.9 Å². The molecule has 3 N–H and O–H groups in total. The fourth-order valence-electron chi connectivity index (χ4n) is 8.62. The molecule has 1 saturated heterocycles. The number of aliphatic carboxylic acids is 1. The number of hydrogen-bond acceptors (Lipinski definition) is 11. The Morgan fingerprint density at radius 3 is 1.28 bits per heavy atom. The first kappa shape index (κ1) is 72.4. The number of allylic oxidation sites excluding steroid dienone is 17. The number of carboxylic acid groups (broad SMARTS) is 1. The van der Waals surface area contributed by atoms with Crippen LogP contribution in [0.4, 0.5) is 0 Å². The lowest BCUT2D eigenvalue weighted by molar-refractivity contribution is -0.301. The van der Waals surface area contributed by atoms with Gasteiger partial charge in [0.25, 0.3) is 0 Å². The molecule has 0 aromatic heterocycles. The average Bonchev–Trinajstić information content (AvgIpc) is 3.43. The van der Waals surface area contributed by atoms with Crippen LogP contribution in [-0.2, 0) is 42.9 Å². The summed E-state index contributed by atoms with van der Waals surface area (Å²) in [5.41, 5.74) is 0. The van der Waals surface area contributed by atoms with Crippen LogP contribution in [0.15, 0.2) is 109 Å². The van der Waals surface area contributed by atoms with E-state index in [1.165, 1.54) is 57.8 Å². The summed E-state index contributed by atoms with van der Waals surface area (Å²) < 4.78 is 28.3. The molecular formula is C67H108O12. The lowest BCUT2D eigenvalue weighted by Crippen LogP contribution is -2.61. The van der Waals surface area contributed by atoms with Crippen LogP contribution in [0.5, 0.6) is 0 Å².